The first-order valence-corrected chi connectivity index (χ1v) is 7.15. The summed E-state index contributed by atoms with van der Waals surface area (Å²) in [5.41, 5.74) is -0.356. The van der Waals surface area contributed by atoms with E-state index in [0.29, 0.717) is 0 Å². The molecule has 2 aromatic rings. The van der Waals surface area contributed by atoms with Crippen molar-refractivity contribution in [2.75, 3.05) is 0 Å². The van der Waals surface area contributed by atoms with Crippen molar-refractivity contribution in [3.63, 3.8) is 0 Å². The van der Waals surface area contributed by atoms with Gasteiger partial charge in [0.15, 0.2) is 3.57 Å². The minimum absolute atomic E-state index is 0.593. The standard InChI is InChI=1S/C8H7F3.C7H5F3I/c1-6-2-4-7(5-3-6)8(9,10)11;8-7(9,10)5-1-3-6(11)4-2-5/h2-5H,1H3;1-4,11H/q;+1. The number of hydrogen-bond acceptors (Lipinski definition) is 0. The highest BCUT2D eigenvalue weighted by Gasteiger charge is 2.30. The van der Waals surface area contributed by atoms with Gasteiger partial charge >= 0.3 is 12.4 Å². The maximum Gasteiger partial charge on any atom is 0.416 e. The molecule has 0 unspecified atom stereocenters. The van der Waals surface area contributed by atoms with Crippen LogP contribution in [0.4, 0.5) is 26.3 Å². The van der Waals surface area contributed by atoms with Crippen molar-refractivity contribution in [3.05, 3.63) is 68.8 Å². The molecule has 2 aromatic carbocycles. The van der Waals surface area contributed by atoms with E-state index in [-0.39, 0.29) is 0 Å². The van der Waals surface area contributed by atoms with E-state index in [1.165, 1.54) is 24.3 Å². The number of halogens is 7. The Balaban J connectivity index is 0.000000220. The molecule has 0 saturated carbocycles. The smallest absolute Gasteiger partial charge is 0.166 e. The number of hydrogen-bond donors (Lipinski definition) is 0. The maximum atomic E-state index is 11.9. The van der Waals surface area contributed by atoms with E-state index in [4.69, 9.17) is 0 Å². The zero-order valence-electron chi connectivity index (χ0n) is 11.3. The van der Waals surface area contributed by atoms with Crippen LogP contribution in [0.3, 0.4) is 0 Å². The van der Waals surface area contributed by atoms with Crippen LogP contribution in [0.15, 0.2) is 48.5 Å². The summed E-state index contributed by atoms with van der Waals surface area (Å²) in [6.07, 6.45) is -8.43. The molecule has 120 valence electrons. The van der Waals surface area contributed by atoms with Crippen LogP contribution in [-0.4, -0.2) is 0 Å². The Morgan fingerprint density at radius 3 is 1.27 bits per heavy atom. The highest BCUT2D eigenvalue weighted by molar-refractivity contribution is 5.23. The summed E-state index contributed by atoms with van der Waals surface area (Å²) in [7, 11) is 0. The normalized spacial score (nSPS) is 11.6. The molecule has 0 bridgehead atoms. The van der Waals surface area contributed by atoms with E-state index in [0.717, 1.165) is 33.4 Å². The highest BCUT2D eigenvalue weighted by Crippen LogP contribution is 2.29. The summed E-state index contributed by atoms with van der Waals surface area (Å²) in [6, 6.07) is 10.1. The van der Waals surface area contributed by atoms with E-state index in [9.17, 15) is 26.3 Å². The molecule has 22 heavy (non-hydrogen) atoms. The van der Waals surface area contributed by atoms with E-state index < -0.39 is 23.5 Å². The Kier molecular flexibility index (Phi) is 6.27. The molecule has 0 nitrogen and oxygen atoms in total. The minimum atomic E-state index is -4.21. The lowest BCUT2D eigenvalue weighted by Crippen LogP contribution is -3.34. The van der Waals surface area contributed by atoms with Crippen molar-refractivity contribution < 1.29 is 48.9 Å². The van der Waals surface area contributed by atoms with Crippen LogP contribution in [-0.2, 0) is 12.4 Å². The lowest BCUT2D eigenvalue weighted by Gasteiger charge is -2.05. The van der Waals surface area contributed by atoms with Crippen LogP contribution in [0, 0.1) is 10.5 Å². The molecule has 0 aliphatic carbocycles. The van der Waals surface area contributed by atoms with Crippen molar-refractivity contribution >= 4 is 0 Å². The fourth-order valence-corrected chi connectivity index (χ4v) is 1.77. The van der Waals surface area contributed by atoms with Gasteiger partial charge in [0.05, 0.1) is 11.1 Å². The first kappa shape index (κ1) is 18.8. The zero-order valence-corrected chi connectivity index (χ0v) is 13.6. The second kappa shape index (κ2) is 7.34. The van der Waals surface area contributed by atoms with E-state index in [2.05, 4.69) is 0 Å². The molecule has 0 aromatic heterocycles. The number of rotatable bonds is 0. The van der Waals surface area contributed by atoms with Crippen molar-refractivity contribution in [2.45, 2.75) is 19.3 Å². The van der Waals surface area contributed by atoms with Gasteiger partial charge in [0, 0.05) is 0 Å². The first-order valence-electron chi connectivity index (χ1n) is 5.98. The van der Waals surface area contributed by atoms with Gasteiger partial charge in [0.2, 0.25) is 0 Å². The summed E-state index contributed by atoms with van der Waals surface area (Å²) >= 11 is 1.68. The first-order chi connectivity index (χ1) is 10.00. The van der Waals surface area contributed by atoms with E-state index in [1.807, 2.05) is 0 Å². The monoisotopic (exact) mass is 433 g/mol. The molecule has 0 saturated heterocycles. The predicted octanol–water partition coefficient (Wildman–Crippen LogP) is 2.17. The number of alkyl halides is 6. The van der Waals surface area contributed by atoms with Crippen molar-refractivity contribution in [3.8, 4) is 0 Å². The molecular formula is C15H12F6I+. The second-order valence-corrected chi connectivity index (χ2v) is 5.73. The SMILES string of the molecule is Cc1ccc(C(F)(F)F)cc1.FC(F)(F)c1ccc([IH+])cc1. The van der Waals surface area contributed by atoms with Gasteiger partial charge in [0.25, 0.3) is 22.6 Å². The van der Waals surface area contributed by atoms with E-state index in [1.54, 1.807) is 29.5 Å². The second-order valence-electron chi connectivity index (χ2n) is 4.39. The maximum absolute atomic E-state index is 11.9. The minimum Gasteiger partial charge on any atom is -0.166 e. The fraction of sp³-hybridized carbons (Fsp3) is 0.200. The summed E-state index contributed by atoms with van der Waals surface area (Å²) in [5, 5.41) is 0. The van der Waals surface area contributed by atoms with Gasteiger partial charge in [-0.3, -0.25) is 0 Å². The predicted molar refractivity (Wildman–Crippen MR) is 67.7 cm³/mol. The molecule has 0 radical (unpaired) electrons. The summed E-state index contributed by atoms with van der Waals surface area (Å²) in [5.74, 6) is 0. The van der Waals surface area contributed by atoms with Gasteiger partial charge in [-0.1, -0.05) is 17.7 Å². The van der Waals surface area contributed by atoms with Gasteiger partial charge in [-0.2, -0.15) is 26.3 Å². The molecule has 2 rings (SSSR count). The topological polar surface area (TPSA) is 0 Å². The summed E-state index contributed by atoms with van der Waals surface area (Å²) in [6.45, 7) is 1.75. The van der Waals surface area contributed by atoms with Crippen molar-refractivity contribution in [1.29, 1.82) is 0 Å². The van der Waals surface area contributed by atoms with Crippen LogP contribution in [0.2, 0.25) is 0 Å². The molecule has 0 amide bonds. The third kappa shape index (κ3) is 6.25. The molecule has 0 aliphatic rings. The third-order valence-corrected chi connectivity index (χ3v) is 3.34. The average Bonchev–Trinajstić information content (AvgIpc) is 2.38. The number of benzene rings is 2. The lowest BCUT2D eigenvalue weighted by atomic mass is 10.1. The van der Waals surface area contributed by atoms with Gasteiger partial charge in [0.1, 0.15) is 0 Å². The largest absolute Gasteiger partial charge is 0.416 e. The Morgan fingerprint density at radius 2 is 0.955 bits per heavy atom. The van der Waals surface area contributed by atoms with Gasteiger partial charge in [-0.15, -0.1) is 0 Å². The quantitative estimate of drug-likeness (QED) is 0.442. The molecule has 0 fully saturated rings. The average molecular weight is 433 g/mol. The molecule has 0 aliphatic heterocycles. The highest BCUT2D eigenvalue weighted by atomic mass is 127. The molecule has 0 N–H and O–H groups in total. The Bertz CT molecular complexity index is 526. The Hall–Kier alpha value is -1.25. The molecule has 0 atom stereocenters. The van der Waals surface area contributed by atoms with Gasteiger partial charge in [-0.05, 0) is 43.3 Å². The summed E-state index contributed by atoms with van der Waals surface area (Å²) in [4.78, 5) is 0. The Labute approximate surface area is 137 Å². The van der Waals surface area contributed by atoms with Crippen LogP contribution < -0.4 is 22.6 Å². The third-order valence-electron chi connectivity index (χ3n) is 2.56. The zero-order chi connectivity index (χ0) is 17.0. The Morgan fingerprint density at radius 1 is 0.636 bits per heavy atom. The van der Waals surface area contributed by atoms with Crippen molar-refractivity contribution in [1.82, 2.24) is 0 Å². The summed E-state index contributed by atoms with van der Waals surface area (Å²) < 4.78 is 72.4. The van der Waals surface area contributed by atoms with Crippen LogP contribution >= 0.6 is 0 Å². The van der Waals surface area contributed by atoms with Crippen LogP contribution in [0.1, 0.15) is 16.7 Å². The molecule has 0 heterocycles. The molecular weight excluding hydrogens is 421 g/mol. The molecule has 0 spiro atoms. The van der Waals surface area contributed by atoms with Gasteiger partial charge < -0.3 is 0 Å². The van der Waals surface area contributed by atoms with Crippen LogP contribution in [0.25, 0.3) is 0 Å². The van der Waals surface area contributed by atoms with Gasteiger partial charge in [-0.25, -0.2) is 0 Å². The van der Waals surface area contributed by atoms with Crippen LogP contribution in [0.5, 0.6) is 0 Å². The lowest BCUT2D eigenvalue weighted by molar-refractivity contribution is -0.328. The number of aryl methyl sites for hydroxylation is 1. The van der Waals surface area contributed by atoms with Crippen molar-refractivity contribution in [2.24, 2.45) is 0 Å². The fourth-order valence-electron chi connectivity index (χ4n) is 1.39. The molecule has 7 heteroatoms. The van der Waals surface area contributed by atoms with E-state index >= 15 is 0 Å².